The lowest BCUT2D eigenvalue weighted by molar-refractivity contribution is 0.233. The van der Waals surface area contributed by atoms with Gasteiger partial charge < -0.3 is 10.5 Å². The fourth-order valence-corrected chi connectivity index (χ4v) is 1.28. The molecule has 2 heterocycles. The van der Waals surface area contributed by atoms with E-state index in [4.69, 9.17) is 10.5 Å². The molecule has 0 saturated carbocycles. The second-order valence-electron chi connectivity index (χ2n) is 3.38. The van der Waals surface area contributed by atoms with Crippen LogP contribution < -0.4 is 4.74 Å². The highest BCUT2D eigenvalue weighted by molar-refractivity contribution is 5.76. The first-order valence-corrected chi connectivity index (χ1v) is 4.54. The standard InChI is InChI=1S/C10H12N3O/c1-7(2)14-10-9(11)8-5-3-4-6-13(8)12-10/h3-7,11H,1-2H3/q-1. The van der Waals surface area contributed by atoms with E-state index in [1.54, 1.807) is 10.7 Å². The molecule has 0 atom stereocenters. The van der Waals surface area contributed by atoms with Gasteiger partial charge in [0.15, 0.2) is 0 Å². The predicted molar refractivity (Wildman–Crippen MR) is 54.9 cm³/mol. The van der Waals surface area contributed by atoms with E-state index in [0.29, 0.717) is 11.6 Å². The van der Waals surface area contributed by atoms with Crippen LogP contribution in [0.15, 0.2) is 24.4 Å². The lowest BCUT2D eigenvalue weighted by Gasteiger charge is -2.09. The topological polar surface area (TPSA) is 50.3 Å². The van der Waals surface area contributed by atoms with Crippen molar-refractivity contribution in [1.29, 1.82) is 0 Å². The summed E-state index contributed by atoms with van der Waals surface area (Å²) in [4.78, 5) is 0. The lowest BCUT2D eigenvalue weighted by atomic mass is 10.3. The van der Waals surface area contributed by atoms with Crippen LogP contribution >= 0.6 is 0 Å². The molecule has 0 fully saturated rings. The first-order chi connectivity index (χ1) is 6.68. The molecule has 0 radical (unpaired) electrons. The molecular weight excluding hydrogens is 178 g/mol. The summed E-state index contributed by atoms with van der Waals surface area (Å²) in [6.45, 7) is 3.84. The molecular formula is C10H12N3O-. The Kier molecular flexibility index (Phi) is 2.04. The molecule has 14 heavy (non-hydrogen) atoms. The molecule has 0 amide bonds. The molecule has 0 aliphatic carbocycles. The Bertz CT molecular complexity index is 448. The second kappa shape index (κ2) is 3.21. The smallest absolute Gasteiger partial charge is 0.218 e. The van der Waals surface area contributed by atoms with Crippen molar-refractivity contribution >= 4 is 11.2 Å². The van der Waals surface area contributed by atoms with Crippen molar-refractivity contribution in [2.24, 2.45) is 0 Å². The van der Waals surface area contributed by atoms with E-state index in [2.05, 4.69) is 5.10 Å². The van der Waals surface area contributed by atoms with Gasteiger partial charge in [0.2, 0.25) is 5.88 Å². The first kappa shape index (κ1) is 8.87. The first-order valence-electron chi connectivity index (χ1n) is 4.54. The minimum atomic E-state index is 0.0454. The molecule has 0 aromatic carbocycles. The maximum Gasteiger partial charge on any atom is 0.218 e. The van der Waals surface area contributed by atoms with Gasteiger partial charge in [0.05, 0.1) is 11.6 Å². The summed E-state index contributed by atoms with van der Waals surface area (Å²) in [6, 6.07) is 5.61. The van der Waals surface area contributed by atoms with Crippen LogP contribution in [0.2, 0.25) is 0 Å². The van der Waals surface area contributed by atoms with Gasteiger partial charge in [-0.05, 0) is 26.0 Å². The zero-order chi connectivity index (χ0) is 10.1. The number of hydrogen-bond donors (Lipinski definition) is 0. The van der Waals surface area contributed by atoms with Crippen molar-refractivity contribution in [1.82, 2.24) is 9.61 Å². The van der Waals surface area contributed by atoms with Gasteiger partial charge in [0.1, 0.15) is 0 Å². The van der Waals surface area contributed by atoms with Crippen LogP contribution in [0.5, 0.6) is 5.88 Å². The van der Waals surface area contributed by atoms with Crippen LogP contribution in [-0.4, -0.2) is 15.7 Å². The van der Waals surface area contributed by atoms with Crippen LogP contribution in [0, 0.1) is 0 Å². The molecule has 4 heteroatoms. The Labute approximate surface area is 82.3 Å². The van der Waals surface area contributed by atoms with E-state index in [0.717, 1.165) is 5.52 Å². The van der Waals surface area contributed by atoms with Crippen LogP contribution in [0.3, 0.4) is 0 Å². The zero-order valence-corrected chi connectivity index (χ0v) is 8.19. The molecule has 1 N–H and O–H groups in total. The fourth-order valence-electron chi connectivity index (χ4n) is 1.28. The van der Waals surface area contributed by atoms with E-state index < -0.39 is 0 Å². The fraction of sp³-hybridized carbons (Fsp3) is 0.300. The van der Waals surface area contributed by atoms with E-state index in [1.807, 2.05) is 32.0 Å². The number of fused-ring (bicyclic) bond motifs is 1. The van der Waals surface area contributed by atoms with Crippen molar-refractivity contribution in [3.63, 3.8) is 0 Å². The molecule has 0 aliphatic heterocycles. The van der Waals surface area contributed by atoms with Gasteiger partial charge >= 0.3 is 0 Å². The lowest BCUT2D eigenvalue weighted by Crippen LogP contribution is -2.05. The van der Waals surface area contributed by atoms with Crippen LogP contribution in [0.25, 0.3) is 11.3 Å². The van der Waals surface area contributed by atoms with Gasteiger partial charge in [-0.2, -0.15) is 0 Å². The van der Waals surface area contributed by atoms with Gasteiger partial charge in [-0.15, -0.1) is 5.10 Å². The highest BCUT2D eigenvalue weighted by Crippen LogP contribution is 2.30. The number of pyridine rings is 1. The van der Waals surface area contributed by atoms with Gasteiger partial charge in [0.25, 0.3) is 0 Å². The molecule has 0 bridgehead atoms. The predicted octanol–water partition coefficient (Wildman–Crippen LogP) is 2.81. The SMILES string of the molecule is CC(C)Oc1nn2ccccc2c1[NH-]. The van der Waals surface area contributed by atoms with Gasteiger partial charge in [-0.25, -0.2) is 4.52 Å². The summed E-state index contributed by atoms with van der Waals surface area (Å²) in [5.41, 5.74) is 8.92. The van der Waals surface area contributed by atoms with E-state index >= 15 is 0 Å². The Morgan fingerprint density at radius 3 is 2.86 bits per heavy atom. The van der Waals surface area contributed by atoms with E-state index in [9.17, 15) is 0 Å². The largest absolute Gasteiger partial charge is 0.693 e. The molecule has 2 aromatic heterocycles. The highest BCUT2D eigenvalue weighted by atomic mass is 16.5. The van der Waals surface area contributed by atoms with E-state index in [1.165, 1.54) is 0 Å². The number of nitrogens with zero attached hydrogens (tertiary/aromatic N) is 2. The number of nitrogens with one attached hydrogen (secondary N) is 1. The Morgan fingerprint density at radius 1 is 1.43 bits per heavy atom. The van der Waals surface area contributed by atoms with Gasteiger partial charge in [0, 0.05) is 6.20 Å². The maximum atomic E-state index is 7.80. The highest BCUT2D eigenvalue weighted by Gasteiger charge is 2.05. The number of hydrogen-bond acceptors (Lipinski definition) is 2. The summed E-state index contributed by atoms with van der Waals surface area (Å²) >= 11 is 0. The molecule has 74 valence electrons. The third kappa shape index (κ3) is 1.39. The average molecular weight is 190 g/mol. The summed E-state index contributed by atoms with van der Waals surface area (Å²) < 4.78 is 7.06. The van der Waals surface area contributed by atoms with Crippen molar-refractivity contribution in [2.45, 2.75) is 20.0 Å². The Balaban J connectivity index is 2.51. The van der Waals surface area contributed by atoms with Gasteiger partial charge in [-0.1, -0.05) is 11.8 Å². The molecule has 0 unspecified atom stereocenters. The van der Waals surface area contributed by atoms with Crippen molar-refractivity contribution in [3.8, 4) is 5.88 Å². The summed E-state index contributed by atoms with van der Waals surface area (Å²) in [5, 5.41) is 4.16. The van der Waals surface area contributed by atoms with Crippen LogP contribution in [0.1, 0.15) is 13.8 Å². The molecule has 2 aromatic rings. The molecule has 4 nitrogen and oxygen atoms in total. The Morgan fingerprint density at radius 2 is 2.21 bits per heavy atom. The van der Waals surface area contributed by atoms with Crippen molar-refractivity contribution in [3.05, 3.63) is 30.1 Å². The molecule has 0 spiro atoms. The quantitative estimate of drug-likeness (QED) is 0.731. The summed E-state index contributed by atoms with van der Waals surface area (Å²) in [7, 11) is 0. The third-order valence-electron chi connectivity index (χ3n) is 1.86. The second-order valence-corrected chi connectivity index (χ2v) is 3.38. The van der Waals surface area contributed by atoms with Crippen LogP contribution in [0.4, 0.5) is 5.69 Å². The summed E-state index contributed by atoms with van der Waals surface area (Å²) in [5.74, 6) is 0.395. The maximum absolute atomic E-state index is 7.80. The monoisotopic (exact) mass is 190 g/mol. The zero-order valence-electron chi connectivity index (χ0n) is 8.19. The van der Waals surface area contributed by atoms with Gasteiger partial charge in [-0.3, -0.25) is 0 Å². The minimum Gasteiger partial charge on any atom is -0.693 e. The minimum absolute atomic E-state index is 0.0454. The summed E-state index contributed by atoms with van der Waals surface area (Å²) in [6.07, 6.45) is 1.85. The van der Waals surface area contributed by atoms with E-state index in [-0.39, 0.29) is 6.10 Å². The third-order valence-corrected chi connectivity index (χ3v) is 1.86. The molecule has 0 aliphatic rings. The van der Waals surface area contributed by atoms with Crippen molar-refractivity contribution < 1.29 is 4.74 Å². The molecule has 0 saturated heterocycles. The average Bonchev–Trinajstić information content (AvgIpc) is 2.44. The Hall–Kier alpha value is -1.71. The van der Waals surface area contributed by atoms with Crippen LogP contribution in [-0.2, 0) is 0 Å². The number of ether oxygens (including phenoxy) is 1. The number of aromatic nitrogens is 2. The normalized spacial score (nSPS) is 11.1. The molecule has 2 rings (SSSR count). The van der Waals surface area contributed by atoms with Crippen molar-refractivity contribution in [2.75, 3.05) is 0 Å². The number of rotatable bonds is 2.